The third-order valence-electron chi connectivity index (χ3n) is 10.4. The SMILES string of the molecule is CO[C@@H](CC/C=C\CCCCC1=C(C(=O)CC/C=C\CCCCCCCCO[C@@H]2O[C@H](C(=O)O)[C@@H](O)[C@H](O)[C@H]2O)CCC1)C(=O)NCCc1ccc(O)c(O)c1. The first-order valence-electron chi connectivity index (χ1n) is 20.4. The molecular weight excluding hydrogens is 722 g/mol. The van der Waals surface area contributed by atoms with Crippen molar-refractivity contribution in [2.45, 2.75) is 159 Å². The lowest BCUT2D eigenvalue weighted by Crippen LogP contribution is -2.60. The van der Waals surface area contributed by atoms with E-state index in [1.54, 1.807) is 6.07 Å². The number of carbonyl (C=O) groups is 3. The van der Waals surface area contributed by atoms with Crippen molar-refractivity contribution < 1.29 is 59.2 Å². The summed E-state index contributed by atoms with van der Waals surface area (Å²) in [5, 5.41) is 60.6. The largest absolute Gasteiger partial charge is 0.504 e. The van der Waals surface area contributed by atoms with Gasteiger partial charge < -0.3 is 50.2 Å². The summed E-state index contributed by atoms with van der Waals surface area (Å²) in [6.07, 6.45) is 17.2. The average molecular weight is 788 g/mol. The van der Waals surface area contributed by atoms with Gasteiger partial charge in [0, 0.05) is 26.7 Å². The molecular formula is C43H65NO12. The van der Waals surface area contributed by atoms with Gasteiger partial charge >= 0.3 is 5.97 Å². The van der Waals surface area contributed by atoms with Crippen LogP contribution in [-0.4, -0.2) is 105 Å². The highest BCUT2D eigenvalue weighted by atomic mass is 16.7. The lowest BCUT2D eigenvalue weighted by molar-refractivity contribution is -0.294. The number of rotatable bonds is 28. The molecule has 2 aliphatic rings. The summed E-state index contributed by atoms with van der Waals surface area (Å²) in [5.41, 5.74) is 3.22. The fourth-order valence-electron chi connectivity index (χ4n) is 7.09. The molecule has 1 aliphatic carbocycles. The number of aliphatic hydroxyl groups excluding tert-OH is 3. The maximum atomic E-state index is 13.0. The second kappa shape index (κ2) is 26.4. The molecule has 0 aromatic heterocycles. The minimum atomic E-state index is -1.72. The summed E-state index contributed by atoms with van der Waals surface area (Å²) in [5.74, 6) is -1.65. The molecule has 1 aromatic carbocycles. The van der Waals surface area contributed by atoms with Crippen molar-refractivity contribution in [3.63, 3.8) is 0 Å². The van der Waals surface area contributed by atoms with Crippen LogP contribution in [0.15, 0.2) is 53.6 Å². The first-order chi connectivity index (χ1) is 27.0. The number of amides is 1. The van der Waals surface area contributed by atoms with Crippen LogP contribution in [-0.2, 0) is 35.0 Å². The number of aromatic hydroxyl groups is 2. The number of aliphatic hydroxyl groups is 3. The van der Waals surface area contributed by atoms with Gasteiger partial charge in [0.05, 0.1) is 0 Å². The molecule has 0 spiro atoms. The number of unbranched alkanes of at least 4 members (excludes halogenated alkanes) is 8. The predicted molar refractivity (Wildman–Crippen MR) is 211 cm³/mol. The van der Waals surface area contributed by atoms with Crippen molar-refractivity contribution in [3.8, 4) is 11.5 Å². The zero-order valence-corrected chi connectivity index (χ0v) is 33.0. The van der Waals surface area contributed by atoms with Crippen molar-refractivity contribution in [3.05, 3.63) is 59.2 Å². The fraction of sp³-hybridized carbons (Fsp3) is 0.651. The average Bonchev–Trinajstić information content (AvgIpc) is 3.65. The molecule has 3 rings (SSSR count). The van der Waals surface area contributed by atoms with Crippen LogP contribution >= 0.6 is 0 Å². The molecule has 1 aromatic rings. The Labute approximate surface area is 331 Å². The summed E-state index contributed by atoms with van der Waals surface area (Å²) in [6.45, 7) is 0.652. The Bertz CT molecular complexity index is 1440. The first kappa shape index (κ1) is 46.8. The number of allylic oxidation sites excluding steroid dienone is 6. The Morgan fingerprint density at radius 2 is 1.50 bits per heavy atom. The molecule has 1 saturated heterocycles. The fourth-order valence-corrected chi connectivity index (χ4v) is 7.09. The number of ketones is 1. The Morgan fingerprint density at radius 1 is 0.821 bits per heavy atom. The Hall–Kier alpha value is -3.59. The Balaban J connectivity index is 1.17. The van der Waals surface area contributed by atoms with E-state index < -0.39 is 42.8 Å². The highest BCUT2D eigenvalue weighted by Gasteiger charge is 2.47. The van der Waals surface area contributed by atoms with Crippen LogP contribution in [0.25, 0.3) is 0 Å². The molecule has 0 bridgehead atoms. The number of hydrogen-bond acceptors (Lipinski definition) is 11. The van der Waals surface area contributed by atoms with Gasteiger partial charge in [-0.3, -0.25) is 9.59 Å². The third kappa shape index (κ3) is 16.5. The maximum absolute atomic E-state index is 13.0. The maximum Gasteiger partial charge on any atom is 0.335 e. The van der Waals surface area contributed by atoms with Crippen molar-refractivity contribution in [1.29, 1.82) is 0 Å². The minimum absolute atomic E-state index is 0.167. The summed E-state index contributed by atoms with van der Waals surface area (Å²) < 4.78 is 15.9. The van der Waals surface area contributed by atoms with Crippen LogP contribution in [0.3, 0.4) is 0 Å². The molecule has 314 valence electrons. The van der Waals surface area contributed by atoms with Gasteiger partial charge in [-0.1, -0.05) is 61.6 Å². The van der Waals surface area contributed by atoms with E-state index >= 15 is 0 Å². The van der Waals surface area contributed by atoms with Crippen LogP contribution in [0.2, 0.25) is 0 Å². The van der Waals surface area contributed by atoms with E-state index in [4.69, 9.17) is 19.3 Å². The quantitative estimate of drug-likeness (QED) is 0.0310. The van der Waals surface area contributed by atoms with Gasteiger partial charge in [-0.15, -0.1) is 0 Å². The number of Topliss-reactive ketones (excluding diaryl/α,β-unsaturated/α-hetero) is 1. The van der Waals surface area contributed by atoms with Crippen molar-refractivity contribution in [1.82, 2.24) is 5.32 Å². The molecule has 1 amide bonds. The van der Waals surface area contributed by atoms with E-state index in [-0.39, 0.29) is 24.0 Å². The van der Waals surface area contributed by atoms with Gasteiger partial charge in [0.2, 0.25) is 5.91 Å². The number of nitrogens with one attached hydrogen (secondary N) is 1. The molecule has 0 unspecified atom stereocenters. The van der Waals surface area contributed by atoms with Gasteiger partial charge in [-0.25, -0.2) is 4.79 Å². The van der Waals surface area contributed by atoms with E-state index in [0.29, 0.717) is 38.0 Å². The van der Waals surface area contributed by atoms with Crippen molar-refractivity contribution >= 4 is 17.7 Å². The van der Waals surface area contributed by atoms with Crippen molar-refractivity contribution in [2.75, 3.05) is 20.3 Å². The summed E-state index contributed by atoms with van der Waals surface area (Å²) in [7, 11) is 1.53. The molecule has 13 nitrogen and oxygen atoms in total. The predicted octanol–water partition coefficient (Wildman–Crippen LogP) is 5.69. The number of aliphatic carboxylic acids is 1. The van der Waals surface area contributed by atoms with E-state index in [2.05, 4.69) is 29.6 Å². The number of ether oxygens (including phenoxy) is 3. The molecule has 0 saturated carbocycles. The van der Waals surface area contributed by atoms with Crippen LogP contribution in [0.5, 0.6) is 11.5 Å². The van der Waals surface area contributed by atoms with Crippen molar-refractivity contribution in [2.24, 2.45) is 0 Å². The number of benzene rings is 1. The number of carbonyl (C=O) groups excluding carboxylic acids is 2. The molecule has 1 aliphatic heterocycles. The lowest BCUT2D eigenvalue weighted by Gasteiger charge is -2.38. The second-order valence-electron chi connectivity index (χ2n) is 14.8. The van der Waals surface area contributed by atoms with Gasteiger partial charge in [0.25, 0.3) is 0 Å². The number of phenolic OH excluding ortho intramolecular Hbond substituents is 2. The molecule has 1 fully saturated rings. The highest BCUT2D eigenvalue weighted by Crippen LogP contribution is 2.31. The van der Waals surface area contributed by atoms with E-state index in [1.807, 2.05) is 0 Å². The highest BCUT2D eigenvalue weighted by molar-refractivity contribution is 5.96. The molecule has 1 heterocycles. The van der Waals surface area contributed by atoms with E-state index in [1.165, 1.54) is 24.8 Å². The normalized spacial score (nSPS) is 22.0. The smallest absolute Gasteiger partial charge is 0.335 e. The Kier molecular flexibility index (Phi) is 22.0. The van der Waals surface area contributed by atoms with Gasteiger partial charge in [-0.05, 0) is 113 Å². The molecule has 7 N–H and O–H groups in total. The molecule has 6 atom stereocenters. The topological polar surface area (TPSA) is 212 Å². The number of hydrogen-bond donors (Lipinski definition) is 7. The van der Waals surface area contributed by atoms with Gasteiger partial charge in [0.1, 0.15) is 24.4 Å². The Morgan fingerprint density at radius 3 is 2.21 bits per heavy atom. The van der Waals surface area contributed by atoms with E-state index in [0.717, 1.165) is 107 Å². The summed E-state index contributed by atoms with van der Waals surface area (Å²) in [4.78, 5) is 36.7. The van der Waals surface area contributed by atoms with Crippen LogP contribution in [0, 0.1) is 0 Å². The standard InChI is InChI=1S/C43H65NO12/c1-54-36(41(51)44-27-26-30-24-25-34(46)35(47)29-30)23-16-12-8-7-10-14-19-31-20-18-21-32(31)33(45)22-15-11-6-4-2-3-5-9-13-17-28-55-43-39(50)37(48)38(49)40(56-43)42(52)53/h6,8,11-12,24-25,29,36-40,43,46-50H,2-5,7,9-10,13-23,26-28H2,1H3,(H,44,51)(H,52,53)/b11-6-,12-8-/t36-,37-,38-,39+,40-,43+/m0/s1. The van der Waals surface area contributed by atoms with Crippen LogP contribution in [0.1, 0.15) is 121 Å². The second-order valence-corrected chi connectivity index (χ2v) is 14.8. The molecule has 56 heavy (non-hydrogen) atoms. The minimum Gasteiger partial charge on any atom is -0.504 e. The van der Waals surface area contributed by atoms with Crippen LogP contribution in [0.4, 0.5) is 0 Å². The zero-order chi connectivity index (χ0) is 40.7. The molecule has 13 heteroatoms. The number of carboxylic acid groups (broad SMARTS) is 1. The molecule has 0 radical (unpaired) electrons. The van der Waals surface area contributed by atoms with Gasteiger partial charge in [0.15, 0.2) is 29.7 Å². The number of phenols is 2. The zero-order valence-electron chi connectivity index (χ0n) is 33.0. The first-order valence-corrected chi connectivity index (χ1v) is 20.4. The summed E-state index contributed by atoms with van der Waals surface area (Å²) in [6, 6.07) is 4.62. The van der Waals surface area contributed by atoms with Crippen LogP contribution < -0.4 is 5.32 Å². The number of carboxylic acids is 1. The van der Waals surface area contributed by atoms with Gasteiger partial charge in [-0.2, -0.15) is 0 Å². The van der Waals surface area contributed by atoms with E-state index in [9.17, 15) is 39.9 Å². The lowest BCUT2D eigenvalue weighted by atomic mass is 9.99. The monoisotopic (exact) mass is 787 g/mol. The third-order valence-corrected chi connectivity index (χ3v) is 10.4. The number of methoxy groups -OCH3 is 1. The summed E-state index contributed by atoms with van der Waals surface area (Å²) >= 11 is 0.